The lowest BCUT2D eigenvalue weighted by Gasteiger charge is -2.47. The summed E-state index contributed by atoms with van der Waals surface area (Å²) in [6, 6.07) is 4.81. The van der Waals surface area contributed by atoms with Crippen LogP contribution in [0.25, 0.3) is 0 Å². The average molecular weight is 470 g/mol. The predicted molar refractivity (Wildman–Crippen MR) is 117 cm³/mol. The first-order valence-corrected chi connectivity index (χ1v) is 10.5. The topological polar surface area (TPSA) is 162 Å². The molecule has 2 fully saturated rings. The lowest BCUT2D eigenvalue weighted by atomic mass is 9.86. The van der Waals surface area contributed by atoms with E-state index >= 15 is 0 Å². The van der Waals surface area contributed by atoms with Crippen LogP contribution >= 0.6 is 0 Å². The zero-order chi connectivity index (χ0) is 24.8. The lowest BCUT2D eigenvalue weighted by molar-refractivity contribution is -0.389. The van der Waals surface area contributed by atoms with E-state index < -0.39 is 44.8 Å². The number of rotatable bonds is 4. The summed E-state index contributed by atoms with van der Waals surface area (Å²) in [7, 11) is 0. The second kappa shape index (κ2) is 8.01. The number of ether oxygens (including phenoxy) is 1. The molecule has 0 saturated carbocycles. The molecule has 13 heteroatoms. The van der Waals surface area contributed by atoms with E-state index in [1.165, 1.54) is 46.5 Å². The largest absolute Gasteiger partial charge is 0.444 e. The summed E-state index contributed by atoms with van der Waals surface area (Å²) in [4.78, 5) is 58.5. The molecule has 2 aliphatic rings. The third-order valence-electron chi connectivity index (χ3n) is 5.84. The van der Waals surface area contributed by atoms with Crippen LogP contribution in [0.2, 0.25) is 0 Å². The number of carbonyl (C=O) groups excluding carboxylic acids is 2. The van der Waals surface area contributed by atoms with E-state index in [1.807, 2.05) is 0 Å². The van der Waals surface area contributed by atoms with Gasteiger partial charge in [0.2, 0.25) is 0 Å². The van der Waals surface area contributed by atoms with Gasteiger partial charge in [-0.3, -0.25) is 9.69 Å². The van der Waals surface area contributed by atoms with Crippen LogP contribution in [0.1, 0.15) is 39.2 Å². The van der Waals surface area contributed by atoms with Crippen molar-refractivity contribution in [1.29, 1.82) is 0 Å². The van der Waals surface area contributed by atoms with Gasteiger partial charge in [-0.1, -0.05) is 0 Å². The standard InChI is InChI=1S/C21H22N6O7/c1-20(2,3)34-19(29)25-15-8-9-21(25,13-4-6-16(22-10-13)26(30)31)18(28)24(12-15)14-5-7-17(23-11-14)27(32)33/h4-7,10-11,15H,8-9,12H2,1-3H3. The fourth-order valence-electron chi connectivity index (χ4n) is 4.47. The Hall–Kier alpha value is -4.16. The van der Waals surface area contributed by atoms with Crippen molar-refractivity contribution in [2.75, 3.05) is 11.4 Å². The summed E-state index contributed by atoms with van der Waals surface area (Å²) in [5.74, 6) is -1.22. The number of carbonyl (C=O) groups is 2. The maximum atomic E-state index is 14.0. The number of hydrogen-bond acceptors (Lipinski definition) is 9. The van der Waals surface area contributed by atoms with Crippen LogP contribution in [0.5, 0.6) is 0 Å². The molecular formula is C21H22N6O7. The van der Waals surface area contributed by atoms with Crippen LogP contribution in [0.15, 0.2) is 36.7 Å². The predicted octanol–water partition coefficient (Wildman–Crippen LogP) is 2.93. The monoisotopic (exact) mass is 470 g/mol. The molecule has 2 bridgehead atoms. The molecule has 0 aromatic carbocycles. The first-order valence-electron chi connectivity index (χ1n) is 10.5. The molecule has 13 nitrogen and oxygen atoms in total. The van der Waals surface area contributed by atoms with Crippen molar-refractivity contribution in [2.24, 2.45) is 0 Å². The summed E-state index contributed by atoms with van der Waals surface area (Å²) in [6.07, 6.45) is 2.52. The number of hydrogen-bond donors (Lipinski definition) is 0. The zero-order valence-corrected chi connectivity index (χ0v) is 18.7. The minimum Gasteiger partial charge on any atom is -0.444 e. The maximum absolute atomic E-state index is 14.0. The van der Waals surface area contributed by atoms with Gasteiger partial charge in [-0.25, -0.2) is 4.79 Å². The van der Waals surface area contributed by atoms with E-state index in [-0.39, 0.29) is 18.8 Å². The van der Waals surface area contributed by atoms with Gasteiger partial charge in [0, 0.05) is 24.2 Å². The van der Waals surface area contributed by atoms with Crippen LogP contribution in [-0.4, -0.2) is 54.9 Å². The van der Waals surface area contributed by atoms with E-state index in [0.29, 0.717) is 17.7 Å². The van der Waals surface area contributed by atoms with Crippen molar-refractivity contribution < 1.29 is 24.2 Å². The van der Waals surface area contributed by atoms with Crippen molar-refractivity contribution in [3.63, 3.8) is 0 Å². The first kappa shape index (κ1) is 23.0. The van der Waals surface area contributed by atoms with E-state index in [2.05, 4.69) is 9.97 Å². The van der Waals surface area contributed by atoms with E-state index in [9.17, 15) is 29.8 Å². The van der Waals surface area contributed by atoms with Gasteiger partial charge in [0.25, 0.3) is 5.91 Å². The van der Waals surface area contributed by atoms with E-state index in [1.54, 1.807) is 20.8 Å². The summed E-state index contributed by atoms with van der Waals surface area (Å²) in [5, 5.41) is 22.0. The highest BCUT2D eigenvalue weighted by Crippen LogP contribution is 2.48. The van der Waals surface area contributed by atoms with Gasteiger partial charge in [-0.15, -0.1) is 0 Å². The Morgan fingerprint density at radius 3 is 2.21 bits per heavy atom. The Morgan fingerprint density at radius 2 is 1.71 bits per heavy atom. The summed E-state index contributed by atoms with van der Waals surface area (Å²) < 4.78 is 5.60. The lowest BCUT2D eigenvalue weighted by Crippen LogP contribution is -2.65. The van der Waals surface area contributed by atoms with E-state index in [4.69, 9.17) is 4.74 Å². The van der Waals surface area contributed by atoms with Crippen LogP contribution < -0.4 is 4.90 Å². The molecule has 0 N–H and O–H groups in total. The third kappa shape index (κ3) is 3.78. The first-order chi connectivity index (χ1) is 15.9. The fourth-order valence-corrected chi connectivity index (χ4v) is 4.47. The van der Waals surface area contributed by atoms with Crippen molar-refractivity contribution in [3.05, 3.63) is 62.5 Å². The molecule has 0 spiro atoms. The Bertz CT molecular complexity index is 1160. The molecular weight excluding hydrogens is 448 g/mol. The quantitative estimate of drug-likeness (QED) is 0.483. The number of amides is 2. The average Bonchev–Trinajstić information content (AvgIpc) is 3.09. The number of anilines is 1. The van der Waals surface area contributed by atoms with Crippen molar-refractivity contribution in [3.8, 4) is 0 Å². The van der Waals surface area contributed by atoms with Crippen LogP contribution in [0.4, 0.5) is 22.1 Å². The smallest absolute Gasteiger partial charge is 0.411 e. The molecule has 2 amide bonds. The second-order valence-corrected chi connectivity index (χ2v) is 9.11. The molecule has 0 aliphatic carbocycles. The fraction of sp³-hybridized carbons (Fsp3) is 0.429. The molecule has 4 rings (SSSR count). The number of aromatic nitrogens is 2. The molecule has 2 atom stereocenters. The van der Waals surface area contributed by atoms with Gasteiger partial charge >= 0.3 is 17.7 Å². The Kier molecular flexibility index (Phi) is 5.42. The highest BCUT2D eigenvalue weighted by Gasteiger charge is 2.62. The van der Waals surface area contributed by atoms with Crippen molar-refractivity contribution in [2.45, 2.75) is 50.8 Å². The molecule has 34 heavy (non-hydrogen) atoms. The SMILES string of the molecule is CC(C)(C)OC(=O)N1C2CCC1(c1ccc([N+](=O)[O-])nc1)C(=O)N(c1ccc([N+](=O)[O-])nc1)C2. The maximum Gasteiger partial charge on any atom is 0.411 e. The van der Waals surface area contributed by atoms with Gasteiger partial charge in [0.15, 0.2) is 11.7 Å². The highest BCUT2D eigenvalue weighted by atomic mass is 16.6. The van der Waals surface area contributed by atoms with Gasteiger partial charge in [0.1, 0.15) is 11.8 Å². The van der Waals surface area contributed by atoms with E-state index in [0.717, 1.165) is 0 Å². The molecule has 2 aromatic heterocycles. The van der Waals surface area contributed by atoms with Crippen molar-refractivity contribution in [1.82, 2.24) is 14.9 Å². The molecule has 2 saturated heterocycles. The Balaban J connectivity index is 1.80. The minimum atomic E-state index is -1.50. The van der Waals surface area contributed by atoms with Crippen molar-refractivity contribution >= 4 is 29.3 Å². The third-order valence-corrected chi connectivity index (χ3v) is 5.84. The number of piperazine rings is 1. The summed E-state index contributed by atoms with van der Waals surface area (Å²) in [5.41, 5.74) is -1.66. The number of pyridine rings is 2. The number of nitrogens with zero attached hydrogens (tertiary/aromatic N) is 6. The van der Waals surface area contributed by atoms with Gasteiger partial charge in [-0.2, -0.15) is 0 Å². The second-order valence-electron chi connectivity index (χ2n) is 9.11. The molecule has 2 aliphatic heterocycles. The molecule has 4 heterocycles. The van der Waals surface area contributed by atoms with Gasteiger partial charge in [-0.05, 0) is 65.6 Å². The highest BCUT2D eigenvalue weighted by molar-refractivity contribution is 6.04. The van der Waals surface area contributed by atoms with Gasteiger partial charge in [0.05, 0.1) is 11.7 Å². The molecule has 2 aromatic rings. The number of fused-ring (bicyclic) bond motifs is 2. The Morgan fingerprint density at radius 1 is 1.09 bits per heavy atom. The molecule has 178 valence electrons. The minimum absolute atomic E-state index is 0.139. The summed E-state index contributed by atoms with van der Waals surface area (Å²) >= 11 is 0. The molecule has 0 radical (unpaired) electrons. The van der Waals surface area contributed by atoms with Crippen LogP contribution in [0, 0.1) is 20.2 Å². The summed E-state index contributed by atoms with van der Waals surface area (Å²) in [6.45, 7) is 5.29. The van der Waals surface area contributed by atoms with Crippen LogP contribution in [-0.2, 0) is 15.1 Å². The van der Waals surface area contributed by atoms with Gasteiger partial charge < -0.3 is 29.9 Å². The van der Waals surface area contributed by atoms with Crippen LogP contribution in [0.3, 0.4) is 0 Å². The number of nitro groups is 2. The normalized spacial score (nSPS) is 22.0. The molecule has 2 unspecified atom stereocenters. The Labute approximate surface area is 193 Å². The zero-order valence-electron chi connectivity index (χ0n) is 18.7.